The van der Waals surface area contributed by atoms with Crippen molar-refractivity contribution in [2.45, 2.75) is 27.2 Å². The van der Waals surface area contributed by atoms with E-state index in [4.69, 9.17) is 4.74 Å². The van der Waals surface area contributed by atoms with Crippen molar-refractivity contribution in [3.63, 3.8) is 0 Å². The molecule has 0 unspecified atom stereocenters. The van der Waals surface area contributed by atoms with Gasteiger partial charge in [0.2, 0.25) is 0 Å². The van der Waals surface area contributed by atoms with Crippen LogP contribution in [0.4, 0.5) is 11.4 Å². The van der Waals surface area contributed by atoms with Crippen LogP contribution in [0.25, 0.3) is 5.57 Å². The van der Waals surface area contributed by atoms with Gasteiger partial charge in [0.15, 0.2) is 0 Å². The number of anilines is 2. The lowest BCUT2D eigenvalue weighted by atomic mass is 10.0. The molecule has 1 N–H and O–H groups in total. The molecular formula is C25H31N3O3. The summed E-state index contributed by atoms with van der Waals surface area (Å²) < 4.78 is 5.65. The van der Waals surface area contributed by atoms with Gasteiger partial charge in [0, 0.05) is 32.0 Å². The van der Waals surface area contributed by atoms with Gasteiger partial charge in [-0.15, -0.1) is 0 Å². The van der Waals surface area contributed by atoms with Gasteiger partial charge in [0.25, 0.3) is 11.8 Å². The van der Waals surface area contributed by atoms with E-state index in [0.717, 1.165) is 23.5 Å². The van der Waals surface area contributed by atoms with Crippen molar-refractivity contribution >= 4 is 28.8 Å². The summed E-state index contributed by atoms with van der Waals surface area (Å²) in [6, 6.07) is 15.1. The van der Waals surface area contributed by atoms with Gasteiger partial charge >= 0.3 is 0 Å². The fourth-order valence-corrected chi connectivity index (χ4v) is 3.42. The maximum Gasteiger partial charge on any atom is 0.278 e. The van der Waals surface area contributed by atoms with Gasteiger partial charge in [0.05, 0.1) is 12.2 Å². The van der Waals surface area contributed by atoms with Gasteiger partial charge in [-0.2, -0.15) is 0 Å². The molecule has 6 nitrogen and oxygen atoms in total. The normalized spacial score (nSPS) is 13.9. The molecule has 0 aliphatic carbocycles. The largest absolute Gasteiger partial charge is 0.494 e. The summed E-state index contributed by atoms with van der Waals surface area (Å²) in [5.74, 6) is 0.360. The molecular weight excluding hydrogens is 390 g/mol. The van der Waals surface area contributed by atoms with Gasteiger partial charge < -0.3 is 15.0 Å². The van der Waals surface area contributed by atoms with Gasteiger partial charge in [0.1, 0.15) is 11.4 Å². The number of benzene rings is 2. The van der Waals surface area contributed by atoms with Gasteiger partial charge in [-0.3, -0.25) is 14.5 Å². The van der Waals surface area contributed by atoms with E-state index in [0.29, 0.717) is 30.0 Å². The van der Waals surface area contributed by atoms with Crippen molar-refractivity contribution < 1.29 is 14.3 Å². The van der Waals surface area contributed by atoms with Crippen molar-refractivity contribution in [1.29, 1.82) is 0 Å². The molecule has 31 heavy (non-hydrogen) atoms. The average molecular weight is 422 g/mol. The zero-order valence-electron chi connectivity index (χ0n) is 18.9. The van der Waals surface area contributed by atoms with Crippen LogP contribution in [0.5, 0.6) is 5.75 Å². The van der Waals surface area contributed by atoms with Crippen molar-refractivity contribution in [3.05, 3.63) is 59.8 Å². The van der Waals surface area contributed by atoms with Crippen molar-refractivity contribution in [2.24, 2.45) is 5.92 Å². The minimum absolute atomic E-state index is 0.178. The van der Waals surface area contributed by atoms with Gasteiger partial charge in [-0.25, -0.2) is 0 Å². The minimum Gasteiger partial charge on any atom is -0.494 e. The lowest BCUT2D eigenvalue weighted by molar-refractivity contribution is -0.137. The molecule has 1 aliphatic rings. The second kappa shape index (κ2) is 9.69. The fourth-order valence-electron chi connectivity index (χ4n) is 3.42. The fraction of sp³-hybridized carbons (Fsp3) is 0.360. The van der Waals surface area contributed by atoms with E-state index in [2.05, 4.69) is 5.32 Å². The maximum atomic E-state index is 13.2. The molecule has 0 atom stereocenters. The topological polar surface area (TPSA) is 61.9 Å². The third-order valence-corrected chi connectivity index (χ3v) is 4.98. The lowest BCUT2D eigenvalue weighted by Gasteiger charge is -2.17. The lowest BCUT2D eigenvalue weighted by Crippen LogP contribution is -2.35. The summed E-state index contributed by atoms with van der Waals surface area (Å²) in [6.45, 7) is 7.05. The summed E-state index contributed by atoms with van der Waals surface area (Å²) in [6.07, 6.45) is 0.921. The molecule has 0 saturated carbocycles. The molecule has 2 amide bonds. The van der Waals surface area contributed by atoms with Crippen LogP contribution in [-0.4, -0.2) is 44.0 Å². The Hall–Kier alpha value is -3.28. The van der Waals surface area contributed by atoms with Crippen LogP contribution in [0.3, 0.4) is 0 Å². The first-order chi connectivity index (χ1) is 14.8. The van der Waals surface area contributed by atoms with Crippen molar-refractivity contribution in [3.8, 4) is 5.75 Å². The standard InChI is InChI=1S/C25H31N3O3/c1-6-15-31-21-13-7-18(8-14-21)22-23(25(30)28(24(22)29)16-17(2)3)26-19-9-11-20(12-10-19)27(4)5/h7-14,17,26H,6,15-16H2,1-5H3. The van der Waals surface area contributed by atoms with E-state index < -0.39 is 0 Å². The third-order valence-electron chi connectivity index (χ3n) is 4.98. The second-order valence-corrected chi connectivity index (χ2v) is 8.30. The van der Waals surface area contributed by atoms with Gasteiger partial charge in [-0.05, 0) is 54.3 Å². The number of amides is 2. The predicted octanol–water partition coefficient (Wildman–Crippen LogP) is 4.39. The Kier molecular flexibility index (Phi) is 7.00. The van der Waals surface area contributed by atoms with E-state index in [1.807, 2.05) is 88.3 Å². The third kappa shape index (κ3) is 5.08. The Morgan fingerprint density at radius 1 is 0.968 bits per heavy atom. The monoisotopic (exact) mass is 421 g/mol. The van der Waals surface area contributed by atoms with Crippen LogP contribution in [0.1, 0.15) is 32.8 Å². The average Bonchev–Trinajstić information content (AvgIpc) is 2.97. The van der Waals surface area contributed by atoms with E-state index in [-0.39, 0.29) is 17.7 Å². The zero-order valence-corrected chi connectivity index (χ0v) is 18.9. The highest BCUT2D eigenvalue weighted by atomic mass is 16.5. The van der Waals surface area contributed by atoms with Crippen LogP contribution in [0, 0.1) is 5.92 Å². The minimum atomic E-state index is -0.295. The van der Waals surface area contributed by atoms with E-state index in [1.54, 1.807) is 0 Å². The summed E-state index contributed by atoms with van der Waals surface area (Å²) in [5, 5.41) is 3.21. The highest BCUT2D eigenvalue weighted by molar-refractivity contribution is 6.36. The maximum absolute atomic E-state index is 13.2. The summed E-state index contributed by atoms with van der Waals surface area (Å²) in [5.41, 5.74) is 3.21. The van der Waals surface area contributed by atoms with Crippen LogP contribution in [-0.2, 0) is 9.59 Å². The Morgan fingerprint density at radius 3 is 2.16 bits per heavy atom. The number of rotatable bonds is 9. The van der Waals surface area contributed by atoms with Gasteiger partial charge in [-0.1, -0.05) is 32.9 Å². The molecule has 1 heterocycles. The molecule has 164 valence electrons. The molecule has 3 rings (SSSR count). The molecule has 0 fully saturated rings. The second-order valence-electron chi connectivity index (χ2n) is 8.30. The molecule has 0 radical (unpaired) electrons. The molecule has 0 aromatic heterocycles. The predicted molar refractivity (Wildman–Crippen MR) is 125 cm³/mol. The first-order valence-corrected chi connectivity index (χ1v) is 10.7. The first-order valence-electron chi connectivity index (χ1n) is 10.7. The van der Waals surface area contributed by atoms with E-state index in [1.165, 1.54) is 4.90 Å². The number of imide groups is 1. The summed E-state index contributed by atoms with van der Waals surface area (Å²) in [4.78, 5) is 29.7. The number of ether oxygens (including phenoxy) is 1. The SMILES string of the molecule is CCCOc1ccc(C2=C(Nc3ccc(N(C)C)cc3)C(=O)N(CC(C)C)C2=O)cc1. The Labute approximate surface area is 184 Å². The van der Waals surface area contributed by atoms with Crippen LogP contribution in [0.2, 0.25) is 0 Å². The molecule has 1 aliphatic heterocycles. The molecule has 6 heteroatoms. The molecule has 0 spiro atoms. The Bertz CT molecular complexity index is 961. The molecule has 2 aromatic carbocycles. The highest BCUT2D eigenvalue weighted by Crippen LogP contribution is 2.32. The number of hydrogen-bond donors (Lipinski definition) is 1. The van der Waals surface area contributed by atoms with Crippen molar-refractivity contribution in [1.82, 2.24) is 4.90 Å². The zero-order chi connectivity index (χ0) is 22.5. The molecule has 0 bridgehead atoms. The highest BCUT2D eigenvalue weighted by Gasteiger charge is 2.39. The van der Waals surface area contributed by atoms with E-state index in [9.17, 15) is 9.59 Å². The molecule has 2 aromatic rings. The Balaban J connectivity index is 1.96. The number of nitrogens with zero attached hydrogens (tertiary/aromatic N) is 2. The number of hydrogen-bond acceptors (Lipinski definition) is 5. The summed E-state index contributed by atoms with van der Waals surface area (Å²) >= 11 is 0. The smallest absolute Gasteiger partial charge is 0.278 e. The van der Waals surface area contributed by atoms with Crippen LogP contribution < -0.4 is 15.0 Å². The quantitative estimate of drug-likeness (QED) is 0.609. The first kappa shape index (κ1) is 22.4. The van der Waals surface area contributed by atoms with E-state index >= 15 is 0 Å². The Morgan fingerprint density at radius 2 is 1.61 bits per heavy atom. The van der Waals surface area contributed by atoms with Crippen LogP contribution in [0.15, 0.2) is 54.2 Å². The number of nitrogens with one attached hydrogen (secondary N) is 1. The van der Waals surface area contributed by atoms with Crippen LogP contribution >= 0.6 is 0 Å². The van der Waals surface area contributed by atoms with Crippen molar-refractivity contribution in [2.75, 3.05) is 37.5 Å². The number of carbonyl (C=O) groups excluding carboxylic acids is 2. The summed E-state index contributed by atoms with van der Waals surface area (Å²) in [7, 11) is 3.94. The molecule has 0 saturated heterocycles. The number of carbonyl (C=O) groups is 2.